The Kier molecular flexibility index (Phi) is 5.14. The van der Waals surface area contributed by atoms with Gasteiger partial charge in [0.1, 0.15) is 6.10 Å². The number of carbonyl (C=O) groups is 1. The van der Waals surface area contributed by atoms with Crippen LogP contribution in [0.4, 0.5) is 0 Å². The standard InChI is InChI=1S/C8H10ClNO2/c1-6(2)8(11)12-7(5-9)3-4-10/h7H,1,3,5H2,2H3. The average Bonchev–Trinajstić information content (AvgIpc) is 2.03. The first-order chi connectivity index (χ1) is 5.61. The third kappa shape index (κ3) is 3.99. The van der Waals surface area contributed by atoms with Crippen molar-refractivity contribution in [3.05, 3.63) is 12.2 Å². The van der Waals surface area contributed by atoms with E-state index in [2.05, 4.69) is 6.58 Å². The van der Waals surface area contributed by atoms with Crippen LogP contribution >= 0.6 is 11.6 Å². The van der Waals surface area contributed by atoms with Crippen LogP contribution in [0.25, 0.3) is 0 Å². The molecule has 0 radical (unpaired) electrons. The Morgan fingerprint density at radius 2 is 2.42 bits per heavy atom. The molecule has 0 aliphatic heterocycles. The lowest BCUT2D eigenvalue weighted by Crippen LogP contribution is -2.19. The summed E-state index contributed by atoms with van der Waals surface area (Å²) < 4.78 is 4.81. The van der Waals surface area contributed by atoms with Crippen LogP contribution in [0.3, 0.4) is 0 Å². The van der Waals surface area contributed by atoms with Crippen molar-refractivity contribution in [1.29, 1.82) is 5.26 Å². The highest BCUT2D eigenvalue weighted by Crippen LogP contribution is 2.03. The van der Waals surface area contributed by atoms with Crippen molar-refractivity contribution < 1.29 is 9.53 Å². The molecule has 4 heteroatoms. The third-order valence-electron chi connectivity index (χ3n) is 1.11. The van der Waals surface area contributed by atoms with Gasteiger partial charge in [-0.25, -0.2) is 4.79 Å². The molecule has 0 heterocycles. The number of halogens is 1. The smallest absolute Gasteiger partial charge is 0.333 e. The summed E-state index contributed by atoms with van der Waals surface area (Å²) in [4.78, 5) is 10.9. The summed E-state index contributed by atoms with van der Waals surface area (Å²) in [5, 5.41) is 8.30. The molecule has 0 saturated heterocycles. The van der Waals surface area contributed by atoms with E-state index in [1.54, 1.807) is 6.92 Å². The first-order valence-electron chi connectivity index (χ1n) is 3.41. The normalized spacial score (nSPS) is 11.4. The maximum absolute atomic E-state index is 10.9. The van der Waals surface area contributed by atoms with Crippen molar-refractivity contribution in [2.45, 2.75) is 19.4 Å². The lowest BCUT2D eigenvalue weighted by molar-refractivity contribution is -0.142. The summed E-state index contributed by atoms with van der Waals surface area (Å²) in [5.74, 6) is -0.372. The molecule has 0 fully saturated rings. The molecule has 0 aliphatic carbocycles. The highest BCUT2D eigenvalue weighted by molar-refractivity contribution is 6.18. The van der Waals surface area contributed by atoms with Crippen molar-refractivity contribution >= 4 is 17.6 Å². The minimum atomic E-state index is -0.527. The van der Waals surface area contributed by atoms with E-state index in [1.165, 1.54) is 0 Å². The fraction of sp³-hybridized carbons (Fsp3) is 0.500. The molecule has 1 atom stereocenters. The zero-order valence-electron chi connectivity index (χ0n) is 6.84. The Balaban J connectivity index is 3.95. The molecule has 0 aromatic carbocycles. The second kappa shape index (κ2) is 5.62. The van der Waals surface area contributed by atoms with Gasteiger partial charge in [-0.2, -0.15) is 5.26 Å². The summed E-state index contributed by atoms with van der Waals surface area (Å²) in [7, 11) is 0. The fourth-order valence-corrected chi connectivity index (χ4v) is 0.654. The van der Waals surface area contributed by atoms with Crippen molar-refractivity contribution in [2.24, 2.45) is 0 Å². The molecule has 0 spiro atoms. The van der Waals surface area contributed by atoms with Crippen molar-refractivity contribution in [3.8, 4) is 6.07 Å². The lowest BCUT2D eigenvalue weighted by Gasteiger charge is -2.11. The number of nitriles is 1. The SMILES string of the molecule is C=C(C)C(=O)OC(CCl)CC#N. The molecular weight excluding hydrogens is 178 g/mol. The van der Waals surface area contributed by atoms with E-state index in [0.717, 1.165) is 0 Å². The maximum Gasteiger partial charge on any atom is 0.333 e. The van der Waals surface area contributed by atoms with E-state index >= 15 is 0 Å². The Bertz CT molecular complexity index is 220. The number of esters is 1. The van der Waals surface area contributed by atoms with Gasteiger partial charge in [-0.3, -0.25) is 0 Å². The minimum Gasteiger partial charge on any atom is -0.457 e. The summed E-state index contributed by atoms with van der Waals surface area (Å²) in [5.41, 5.74) is 0.308. The van der Waals surface area contributed by atoms with Crippen LogP contribution in [0.15, 0.2) is 12.2 Å². The predicted molar refractivity (Wildman–Crippen MR) is 45.6 cm³/mol. The minimum absolute atomic E-state index is 0.114. The van der Waals surface area contributed by atoms with Gasteiger partial charge in [0.25, 0.3) is 0 Å². The largest absolute Gasteiger partial charge is 0.457 e. The van der Waals surface area contributed by atoms with Crippen LogP contribution in [0.2, 0.25) is 0 Å². The molecule has 1 unspecified atom stereocenters. The van der Waals surface area contributed by atoms with Gasteiger partial charge >= 0.3 is 5.97 Å². The van der Waals surface area contributed by atoms with Crippen molar-refractivity contribution in [1.82, 2.24) is 0 Å². The predicted octanol–water partition coefficient (Wildman–Crippen LogP) is 1.63. The quantitative estimate of drug-likeness (QED) is 0.382. The highest BCUT2D eigenvalue weighted by atomic mass is 35.5. The molecule has 0 rings (SSSR count). The van der Waals surface area contributed by atoms with Gasteiger partial charge in [-0.15, -0.1) is 11.6 Å². The first-order valence-corrected chi connectivity index (χ1v) is 3.94. The molecule has 0 aliphatic rings. The summed E-state index contributed by atoms with van der Waals surface area (Å²) >= 11 is 5.44. The van der Waals surface area contributed by atoms with E-state index in [9.17, 15) is 4.79 Å². The van der Waals surface area contributed by atoms with Crippen molar-refractivity contribution in [2.75, 3.05) is 5.88 Å². The number of carbonyl (C=O) groups excluding carboxylic acids is 1. The molecule has 66 valence electrons. The van der Waals surface area contributed by atoms with E-state index in [4.69, 9.17) is 21.6 Å². The highest BCUT2D eigenvalue weighted by Gasteiger charge is 2.12. The average molecular weight is 188 g/mol. The second-order valence-corrected chi connectivity index (χ2v) is 2.63. The first kappa shape index (κ1) is 11.0. The molecule has 0 saturated carbocycles. The van der Waals surface area contributed by atoms with Crippen LogP contribution in [-0.2, 0) is 9.53 Å². The van der Waals surface area contributed by atoms with Crippen LogP contribution in [-0.4, -0.2) is 18.0 Å². The van der Waals surface area contributed by atoms with Crippen LogP contribution in [0.1, 0.15) is 13.3 Å². The Labute approximate surface area is 76.6 Å². The summed E-state index contributed by atoms with van der Waals surface area (Å²) in [6, 6.07) is 1.87. The molecule has 12 heavy (non-hydrogen) atoms. The van der Waals surface area contributed by atoms with E-state index in [-0.39, 0.29) is 12.3 Å². The van der Waals surface area contributed by atoms with Crippen LogP contribution < -0.4 is 0 Å². The molecule has 0 amide bonds. The molecular formula is C8H10ClNO2. The number of alkyl halides is 1. The third-order valence-corrected chi connectivity index (χ3v) is 1.46. The monoisotopic (exact) mass is 187 g/mol. The van der Waals surface area contributed by atoms with Crippen LogP contribution in [0.5, 0.6) is 0 Å². The van der Waals surface area contributed by atoms with Gasteiger partial charge in [0.15, 0.2) is 0 Å². The number of hydrogen-bond acceptors (Lipinski definition) is 3. The van der Waals surface area contributed by atoms with Gasteiger partial charge < -0.3 is 4.74 Å². The second-order valence-electron chi connectivity index (χ2n) is 2.32. The van der Waals surface area contributed by atoms with E-state index < -0.39 is 12.1 Å². The number of nitrogens with zero attached hydrogens (tertiary/aromatic N) is 1. The van der Waals surface area contributed by atoms with Crippen LogP contribution in [0, 0.1) is 11.3 Å². The van der Waals surface area contributed by atoms with E-state index in [0.29, 0.717) is 5.57 Å². The maximum atomic E-state index is 10.9. The Morgan fingerprint density at radius 3 is 2.75 bits per heavy atom. The van der Waals surface area contributed by atoms with Crippen molar-refractivity contribution in [3.63, 3.8) is 0 Å². The summed E-state index contributed by atoms with van der Waals surface area (Å²) in [6.45, 7) is 4.94. The lowest BCUT2D eigenvalue weighted by atomic mass is 10.3. The van der Waals surface area contributed by atoms with Gasteiger partial charge in [-0.1, -0.05) is 6.58 Å². The topological polar surface area (TPSA) is 50.1 Å². The molecule has 0 aromatic rings. The molecule has 0 aromatic heterocycles. The van der Waals surface area contributed by atoms with Gasteiger partial charge in [-0.05, 0) is 6.92 Å². The van der Waals surface area contributed by atoms with E-state index in [1.807, 2.05) is 6.07 Å². The zero-order valence-corrected chi connectivity index (χ0v) is 7.60. The van der Waals surface area contributed by atoms with Gasteiger partial charge in [0.05, 0.1) is 18.4 Å². The Hall–Kier alpha value is -1.01. The number of rotatable bonds is 4. The Morgan fingerprint density at radius 1 is 1.83 bits per heavy atom. The number of hydrogen-bond donors (Lipinski definition) is 0. The number of ether oxygens (including phenoxy) is 1. The fourth-order valence-electron chi connectivity index (χ4n) is 0.482. The molecule has 3 nitrogen and oxygen atoms in total. The molecule has 0 bridgehead atoms. The zero-order chi connectivity index (χ0) is 9.56. The summed E-state index contributed by atoms with van der Waals surface area (Å²) in [6.07, 6.45) is -0.413. The molecule has 0 N–H and O–H groups in total. The van der Waals surface area contributed by atoms with Gasteiger partial charge in [0, 0.05) is 5.57 Å². The van der Waals surface area contributed by atoms with Gasteiger partial charge in [0.2, 0.25) is 0 Å².